The summed E-state index contributed by atoms with van der Waals surface area (Å²) < 4.78 is 5.48. The largest absolute Gasteiger partial charge is 0.493 e. The van der Waals surface area contributed by atoms with E-state index in [2.05, 4.69) is 16.0 Å². The summed E-state index contributed by atoms with van der Waals surface area (Å²) in [6.45, 7) is 2.70. The topological polar surface area (TPSA) is 35.0 Å². The molecule has 1 aliphatic rings. The van der Waals surface area contributed by atoms with E-state index in [0.29, 0.717) is 0 Å². The number of nitrogens with zero attached hydrogens (tertiary/aromatic N) is 2. The highest BCUT2D eigenvalue weighted by atomic mass is 16.5. The van der Waals surface area contributed by atoms with Gasteiger partial charge in [0.1, 0.15) is 11.6 Å². The molecule has 2 heterocycles. The molecule has 0 saturated carbocycles. The average molecular weight is 212 g/mol. The van der Waals surface area contributed by atoms with Crippen LogP contribution in [0.25, 0.3) is 11.3 Å². The molecule has 0 N–H and O–H groups in total. The molecular formula is C13H12N2O. The summed E-state index contributed by atoms with van der Waals surface area (Å²) in [4.78, 5) is 8.52. The summed E-state index contributed by atoms with van der Waals surface area (Å²) in [5, 5.41) is 0. The van der Waals surface area contributed by atoms with Crippen LogP contribution in [0.1, 0.15) is 11.4 Å². The summed E-state index contributed by atoms with van der Waals surface area (Å²) in [6, 6.07) is 8.16. The molecule has 0 spiro atoms. The molecule has 1 aromatic carbocycles. The lowest BCUT2D eigenvalue weighted by Gasteiger charge is -2.04. The van der Waals surface area contributed by atoms with Crippen molar-refractivity contribution >= 4 is 0 Å². The molecule has 0 radical (unpaired) electrons. The maximum absolute atomic E-state index is 5.48. The van der Waals surface area contributed by atoms with E-state index in [1.165, 1.54) is 5.56 Å². The zero-order valence-electron chi connectivity index (χ0n) is 9.10. The fourth-order valence-corrected chi connectivity index (χ4v) is 1.96. The van der Waals surface area contributed by atoms with Gasteiger partial charge in [0, 0.05) is 18.2 Å². The Hall–Kier alpha value is -1.90. The molecule has 0 fully saturated rings. The van der Waals surface area contributed by atoms with Gasteiger partial charge in [0.25, 0.3) is 0 Å². The van der Waals surface area contributed by atoms with Gasteiger partial charge in [0.15, 0.2) is 0 Å². The summed E-state index contributed by atoms with van der Waals surface area (Å²) in [6.07, 6.45) is 2.79. The molecule has 80 valence electrons. The molecule has 0 bridgehead atoms. The lowest BCUT2D eigenvalue weighted by molar-refractivity contribution is 0.357. The molecule has 0 atom stereocenters. The van der Waals surface area contributed by atoms with E-state index >= 15 is 0 Å². The minimum Gasteiger partial charge on any atom is -0.493 e. The van der Waals surface area contributed by atoms with E-state index in [0.717, 1.165) is 35.9 Å². The molecule has 0 amide bonds. The first-order chi connectivity index (χ1) is 7.83. The second kappa shape index (κ2) is 3.59. The molecule has 0 unspecified atom stereocenters. The molecule has 1 aliphatic heterocycles. The summed E-state index contributed by atoms with van der Waals surface area (Å²) >= 11 is 0. The van der Waals surface area contributed by atoms with E-state index in [-0.39, 0.29) is 0 Å². The molecule has 0 aliphatic carbocycles. The van der Waals surface area contributed by atoms with Gasteiger partial charge in [-0.15, -0.1) is 0 Å². The molecule has 2 aromatic rings. The van der Waals surface area contributed by atoms with Crippen LogP contribution >= 0.6 is 0 Å². The van der Waals surface area contributed by atoms with Crippen molar-refractivity contribution in [3.63, 3.8) is 0 Å². The zero-order valence-corrected chi connectivity index (χ0v) is 9.10. The molecule has 16 heavy (non-hydrogen) atoms. The Balaban J connectivity index is 2.07. The number of hydrogen-bond acceptors (Lipinski definition) is 3. The summed E-state index contributed by atoms with van der Waals surface area (Å²) in [7, 11) is 0. The first-order valence-electron chi connectivity index (χ1n) is 5.39. The van der Waals surface area contributed by atoms with E-state index in [4.69, 9.17) is 4.74 Å². The van der Waals surface area contributed by atoms with Crippen LogP contribution in [0.3, 0.4) is 0 Å². The first-order valence-corrected chi connectivity index (χ1v) is 5.39. The van der Waals surface area contributed by atoms with Crippen molar-refractivity contribution in [3.8, 4) is 17.0 Å². The fraction of sp³-hybridized carbons (Fsp3) is 0.231. The van der Waals surface area contributed by atoms with E-state index in [1.807, 2.05) is 25.1 Å². The van der Waals surface area contributed by atoms with Crippen LogP contribution in [0, 0.1) is 6.92 Å². The van der Waals surface area contributed by atoms with Gasteiger partial charge in [0.05, 0.1) is 12.3 Å². The van der Waals surface area contributed by atoms with Gasteiger partial charge in [-0.25, -0.2) is 9.97 Å². The van der Waals surface area contributed by atoms with Gasteiger partial charge in [0.2, 0.25) is 0 Å². The number of aromatic nitrogens is 2. The predicted octanol–water partition coefficient (Wildman–Crippen LogP) is 2.39. The van der Waals surface area contributed by atoms with Gasteiger partial charge in [-0.2, -0.15) is 0 Å². The Labute approximate surface area is 94.1 Å². The predicted molar refractivity (Wildman–Crippen MR) is 61.4 cm³/mol. The summed E-state index contributed by atoms with van der Waals surface area (Å²) in [5.41, 5.74) is 3.38. The quantitative estimate of drug-likeness (QED) is 0.728. The Bertz CT molecular complexity index is 537. The van der Waals surface area contributed by atoms with Crippen molar-refractivity contribution in [2.24, 2.45) is 0 Å². The van der Waals surface area contributed by atoms with Crippen molar-refractivity contribution in [1.82, 2.24) is 9.97 Å². The third-order valence-electron chi connectivity index (χ3n) is 2.76. The SMILES string of the molecule is Cc1nccc(-c2ccc3c(c2)CCO3)n1. The number of benzene rings is 1. The number of rotatable bonds is 1. The highest BCUT2D eigenvalue weighted by Crippen LogP contribution is 2.29. The maximum Gasteiger partial charge on any atom is 0.125 e. The zero-order chi connectivity index (χ0) is 11.0. The van der Waals surface area contributed by atoms with E-state index in [1.54, 1.807) is 6.20 Å². The van der Waals surface area contributed by atoms with E-state index in [9.17, 15) is 0 Å². The maximum atomic E-state index is 5.48. The smallest absolute Gasteiger partial charge is 0.125 e. The van der Waals surface area contributed by atoms with Crippen molar-refractivity contribution in [1.29, 1.82) is 0 Å². The molecular weight excluding hydrogens is 200 g/mol. The number of hydrogen-bond donors (Lipinski definition) is 0. The fourth-order valence-electron chi connectivity index (χ4n) is 1.96. The van der Waals surface area contributed by atoms with Crippen molar-refractivity contribution < 1.29 is 4.74 Å². The third-order valence-corrected chi connectivity index (χ3v) is 2.76. The van der Waals surface area contributed by atoms with Crippen LogP contribution in [-0.4, -0.2) is 16.6 Å². The minimum absolute atomic E-state index is 0.793. The minimum atomic E-state index is 0.793. The highest BCUT2D eigenvalue weighted by Gasteiger charge is 2.12. The highest BCUT2D eigenvalue weighted by molar-refractivity contribution is 5.62. The Morgan fingerprint density at radius 2 is 2.19 bits per heavy atom. The lowest BCUT2D eigenvalue weighted by atomic mass is 10.1. The van der Waals surface area contributed by atoms with Crippen LogP contribution in [0.15, 0.2) is 30.5 Å². The molecule has 1 aromatic heterocycles. The first kappa shape index (κ1) is 9.33. The second-order valence-corrected chi connectivity index (χ2v) is 3.91. The second-order valence-electron chi connectivity index (χ2n) is 3.91. The van der Waals surface area contributed by atoms with Crippen LogP contribution in [-0.2, 0) is 6.42 Å². The lowest BCUT2D eigenvalue weighted by Crippen LogP contribution is -1.90. The van der Waals surface area contributed by atoms with Crippen molar-refractivity contribution in [2.45, 2.75) is 13.3 Å². The van der Waals surface area contributed by atoms with Gasteiger partial charge < -0.3 is 4.74 Å². The summed E-state index contributed by atoms with van der Waals surface area (Å²) in [5.74, 6) is 1.81. The Kier molecular flexibility index (Phi) is 2.10. The van der Waals surface area contributed by atoms with Crippen molar-refractivity contribution in [3.05, 3.63) is 41.9 Å². The van der Waals surface area contributed by atoms with Gasteiger partial charge in [-0.3, -0.25) is 0 Å². The standard InChI is InChI=1S/C13H12N2O/c1-9-14-6-4-12(15-9)10-2-3-13-11(8-10)5-7-16-13/h2-4,6,8H,5,7H2,1H3. The van der Waals surface area contributed by atoms with Gasteiger partial charge in [-0.1, -0.05) is 0 Å². The average Bonchev–Trinajstić information content (AvgIpc) is 2.75. The monoisotopic (exact) mass is 212 g/mol. The Morgan fingerprint density at radius 1 is 1.25 bits per heavy atom. The Morgan fingerprint density at radius 3 is 3.06 bits per heavy atom. The normalized spacial score (nSPS) is 13.3. The van der Waals surface area contributed by atoms with Crippen LogP contribution in [0.2, 0.25) is 0 Å². The molecule has 3 heteroatoms. The number of ether oxygens (including phenoxy) is 1. The van der Waals surface area contributed by atoms with Crippen molar-refractivity contribution in [2.75, 3.05) is 6.61 Å². The van der Waals surface area contributed by atoms with E-state index < -0.39 is 0 Å². The van der Waals surface area contributed by atoms with Gasteiger partial charge >= 0.3 is 0 Å². The molecule has 0 saturated heterocycles. The van der Waals surface area contributed by atoms with Gasteiger partial charge in [-0.05, 0) is 36.8 Å². The number of aryl methyl sites for hydroxylation is 1. The van der Waals surface area contributed by atoms with Crippen LogP contribution < -0.4 is 4.74 Å². The third kappa shape index (κ3) is 1.54. The van der Waals surface area contributed by atoms with Crippen LogP contribution in [0.5, 0.6) is 5.75 Å². The molecule has 3 nitrogen and oxygen atoms in total. The number of fused-ring (bicyclic) bond motifs is 1. The van der Waals surface area contributed by atoms with Crippen LogP contribution in [0.4, 0.5) is 0 Å². The molecule has 3 rings (SSSR count).